The number of unbranched alkanes of at least 4 members (excludes halogenated alkanes) is 2. The zero-order chi connectivity index (χ0) is 16.3. The molecule has 0 spiro atoms. The summed E-state index contributed by atoms with van der Waals surface area (Å²) in [5.74, 6) is 0. The van der Waals surface area contributed by atoms with E-state index in [0.29, 0.717) is 0 Å². The molecule has 0 aromatic heterocycles. The first-order valence-electron chi connectivity index (χ1n) is 8.69. The van der Waals surface area contributed by atoms with Gasteiger partial charge in [0.15, 0.2) is 0 Å². The van der Waals surface area contributed by atoms with E-state index < -0.39 is 0 Å². The van der Waals surface area contributed by atoms with E-state index in [9.17, 15) is 4.79 Å². The van der Waals surface area contributed by atoms with Gasteiger partial charge in [-0.15, -0.1) is 0 Å². The van der Waals surface area contributed by atoms with Crippen LogP contribution in [0.15, 0.2) is 30.3 Å². The number of ether oxygens (including phenoxy) is 1. The van der Waals surface area contributed by atoms with Crippen molar-refractivity contribution in [3.05, 3.63) is 35.9 Å². The second-order valence-electron chi connectivity index (χ2n) is 5.98. The number of morpholine rings is 1. The minimum absolute atomic E-state index is 0.000440. The van der Waals surface area contributed by atoms with Gasteiger partial charge in [0.1, 0.15) is 0 Å². The van der Waals surface area contributed by atoms with Crippen molar-refractivity contribution in [3.8, 4) is 0 Å². The SMILES string of the molecule is CCCCCNC(=O)NC(CN1CCOCC1)c1ccccc1. The van der Waals surface area contributed by atoms with Crippen LogP contribution in [0.3, 0.4) is 0 Å². The summed E-state index contributed by atoms with van der Waals surface area (Å²) < 4.78 is 5.40. The smallest absolute Gasteiger partial charge is 0.315 e. The van der Waals surface area contributed by atoms with Gasteiger partial charge in [-0.05, 0) is 12.0 Å². The van der Waals surface area contributed by atoms with E-state index in [0.717, 1.165) is 64.2 Å². The first kappa shape index (κ1) is 17.8. The molecule has 128 valence electrons. The lowest BCUT2D eigenvalue weighted by atomic mass is 10.1. The van der Waals surface area contributed by atoms with Crippen LogP contribution in [0, 0.1) is 0 Å². The van der Waals surface area contributed by atoms with Gasteiger partial charge in [-0.1, -0.05) is 50.1 Å². The maximum atomic E-state index is 12.2. The average molecular weight is 319 g/mol. The maximum absolute atomic E-state index is 12.2. The second-order valence-corrected chi connectivity index (χ2v) is 5.98. The van der Waals surface area contributed by atoms with E-state index in [1.165, 1.54) is 0 Å². The molecular weight excluding hydrogens is 290 g/mol. The predicted molar refractivity (Wildman–Crippen MR) is 92.5 cm³/mol. The molecule has 1 fully saturated rings. The molecule has 1 aromatic rings. The van der Waals surface area contributed by atoms with Crippen molar-refractivity contribution in [3.63, 3.8) is 0 Å². The predicted octanol–water partition coefficient (Wildman–Crippen LogP) is 2.55. The Labute approximate surface area is 139 Å². The van der Waals surface area contributed by atoms with Gasteiger partial charge in [-0.2, -0.15) is 0 Å². The molecule has 2 amide bonds. The molecule has 5 nitrogen and oxygen atoms in total. The molecule has 1 aliphatic heterocycles. The molecule has 1 unspecified atom stereocenters. The standard InChI is InChI=1S/C18H29N3O2/c1-2-3-7-10-19-18(22)20-17(16-8-5-4-6-9-16)15-21-11-13-23-14-12-21/h4-6,8-9,17H,2-3,7,10-15H2,1H3,(H2,19,20,22). The maximum Gasteiger partial charge on any atom is 0.315 e. The Morgan fingerprint density at radius 1 is 1.22 bits per heavy atom. The molecular formula is C18H29N3O2. The topological polar surface area (TPSA) is 53.6 Å². The van der Waals surface area contributed by atoms with E-state index in [4.69, 9.17) is 4.74 Å². The van der Waals surface area contributed by atoms with E-state index in [-0.39, 0.29) is 12.1 Å². The fourth-order valence-corrected chi connectivity index (χ4v) is 2.75. The van der Waals surface area contributed by atoms with E-state index in [1.54, 1.807) is 0 Å². The van der Waals surface area contributed by atoms with Crippen molar-refractivity contribution in [2.24, 2.45) is 0 Å². The highest BCUT2D eigenvalue weighted by Crippen LogP contribution is 2.15. The number of carbonyl (C=O) groups is 1. The Kier molecular flexibility index (Phi) is 7.90. The summed E-state index contributed by atoms with van der Waals surface area (Å²) in [4.78, 5) is 14.5. The molecule has 1 aliphatic rings. The van der Waals surface area contributed by atoms with Crippen LogP contribution >= 0.6 is 0 Å². The van der Waals surface area contributed by atoms with Gasteiger partial charge in [0, 0.05) is 26.2 Å². The lowest BCUT2D eigenvalue weighted by Crippen LogP contribution is -2.45. The van der Waals surface area contributed by atoms with Crippen molar-refractivity contribution >= 4 is 6.03 Å². The summed E-state index contributed by atoms with van der Waals surface area (Å²) in [6.07, 6.45) is 3.34. The molecule has 1 aromatic carbocycles. The van der Waals surface area contributed by atoms with Gasteiger partial charge in [-0.3, -0.25) is 4.90 Å². The van der Waals surface area contributed by atoms with Crippen LogP contribution in [-0.2, 0) is 4.74 Å². The molecule has 2 rings (SSSR count). The fourth-order valence-electron chi connectivity index (χ4n) is 2.75. The highest BCUT2D eigenvalue weighted by Gasteiger charge is 2.19. The molecule has 5 heteroatoms. The number of benzene rings is 1. The zero-order valence-corrected chi connectivity index (χ0v) is 14.1. The third-order valence-corrected chi connectivity index (χ3v) is 4.12. The number of hydrogen-bond donors (Lipinski definition) is 2. The number of hydrogen-bond acceptors (Lipinski definition) is 3. The summed E-state index contributed by atoms with van der Waals surface area (Å²) >= 11 is 0. The van der Waals surface area contributed by atoms with Crippen molar-refractivity contribution in [1.82, 2.24) is 15.5 Å². The van der Waals surface area contributed by atoms with Gasteiger partial charge >= 0.3 is 6.03 Å². The van der Waals surface area contributed by atoms with Gasteiger partial charge in [0.05, 0.1) is 19.3 Å². The first-order valence-corrected chi connectivity index (χ1v) is 8.69. The van der Waals surface area contributed by atoms with Crippen LogP contribution in [0.25, 0.3) is 0 Å². The Balaban J connectivity index is 1.89. The third-order valence-electron chi connectivity index (χ3n) is 4.12. The van der Waals surface area contributed by atoms with E-state index >= 15 is 0 Å². The quantitative estimate of drug-likeness (QED) is 0.724. The minimum Gasteiger partial charge on any atom is -0.379 e. The molecule has 1 saturated heterocycles. The number of urea groups is 1. The Hall–Kier alpha value is -1.59. The van der Waals surface area contributed by atoms with Gasteiger partial charge in [0.25, 0.3) is 0 Å². The van der Waals surface area contributed by atoms with Crippen LogP contribution in [0.2, 0.25) is 0 Å². The van der Waals surface area contributed by atoms with Crippen LogP contribution in [0.1, 0.15) is 37.8 Å². The average Bonchev–Trinajstić information content (AvgIpc) is 2.60. The number of carbonyl (C=O) groups excluding carboxylic acids is 1. The van der Waals surface area contributed by atoms with Crippen molar-refractivity contribution in [2.75, 3.05) is 39.4 Å². The van der Waals surface area contributed by atoms with E-state index in [1.807, 2.05) is 18.2 Å². The van der Waals surface area contributed by atoms with Crippen LogP contribution in [0.5, 0.6) is 0 Å². The highest BCUT2D eigenvalue weighted by atomic mass is 16.5. The Morgan fingerprint density at radius 2 is 1.96 bits per heavy atom. The molecule has 1 atom stereocenters. The number of rotatable bonds is 8. The number of nitrogens with zero attached hydrogens (tertiary/aromatic N) is 1. The highest BCUT2D eigenvalue weighted by molar-refractivity contribution is 5.74. The molecule has 0 radical (unpaired) electrons. The van der Waals surface area contributed by atoms with Crippen molar-refractivity contribution in [2.45, 2.75) is 32.2 Å². The Bertz CT molecular complexity index is 447. The summed E-state index contributed by atoms with van der Waals surface area (Å²) in [5, 5.41) is 6.09. The summed E-state index contributed by atoms with van der Waals surface area (Å²) in [5.41, 5.74) is 1.14. The van der Waals surface area contributed by atoms with Crippen LogP contribution in [0.4, 0.5) is 4.79 Å². The molecule has 0 saturated carbocycles. The zero-order valence-electron chi connectivity index (χ0n) is 14.1. The number of nitrogens with one attached hydrogen (secondary N) is 2. The van der Waals surface area contributed by atoms with Gasteiger partial charge in [-0.25, -0.2) is 4.79 Å². The van der Waals surface area contributed by atoms with Crippen molar-refractivity contribution in [1.29, 1.82) is 0 Å². The Morgan fingerprint density at radius 3 is 2.65 bits per heavy atom. The van der Waals surface area contributed by atoms with Crippen molar-refractivity contribution < 1.29 is 9.53 Å². The molecule has 1 heterocycles. The molecule has 2 N–H and O–H groups in total. The van der Waals surface area contributed by atoms with Gasteiger partial charge in [0.2, 0.25) is 0 Å². The van der Waals surface area contributed by atoms with Gasteiger partial charge < -0.3 is 15.4 Å². The van der Waals surface area contributed by atoms with Crippen LogP contribution in [-0.4, -0.2) is 50.3 Å². The van der Waals surface area contributed by atoms with E-state index in [2.05, 4.69) is 34.6 Å². The molecule has 23 heavy (non-hydrogen) atoms. The summed E-state index contributed by atoms with van der Waals surface area (Å²) in [6, 6.07) is 10.1. The molecule has 0 aliphatic carbocycles. The monoisotopic (exact) mass is 319 g/mol. The van der Waals surface area contributed by atoms with Crippen LogP contribution < -0.4 is 10.6 Å². The lowest BCUT2D eigenvalue weighted by molar-refractivity contribution is 0.0340. The normalized spacial score (nSPS) is 16.7. The first-order chi connectivity index (χ1) is 11.3. The number of amides is 2. The largest absolute Gasteiger partial charge is 0.379 e. The second kappa shape index (κ2) is 10.2. The fraction of sp³-hybridized carbons (Fsp3) is 0.611. The lowest BCUT2D eigenvalue weighted by Gasteiger charge is -2.31. The molecule has 0 bridgehead atoms. The summed E-state index contributed by atoms with van der Waals surface area (Å²) in [6.45, 7) is 7.09. The third kappa shape index (κ3) is 6.59. The minimum atomic E-state index is -0.0804. The summed E-state index contributed by atoms with van der Waals surface area (Å²) in [7, 11) is 0.